The summed E-state index contributed by atoms with van der Waals surface area (Å²) in [7, 11) is 0. The van der Waals surface area contributed by atoms with Crippen molar-refractivity contribution in [2.45, 2.75) is 26.1 Å². The Balaban J connectivity index is 2.04. The van der Waals surface area contributed by atoms with E-state index in [0.717, 1.165) is 17.6 Å². The number of aryl methyl sites for hydroxylation is 1. The Morgan fingerprint density at radius 3 is 2.71 bits per heavy atom. The van der Waals surface area contributed by atoms with Crippen molar-refractivity contribution < 1.29 is 24.5 Å². The Hall–Kier alpha value is -2.45. The first-order valence-electron chi connectivity index (χ1n) is 7.16. The van der Waals surface area contributed by atoms with Crippen LogP contribution in [0.1, 0.15) is 28.0 Å². The van der Waals surface area contributed by atoms with Gasteiger partial charge in [-0.05, 0) is 26.0 Å². The van der Waals surface area contributed by atoms with Crippen LogP contribution in [-0.4, -0.2) is 39.2 Å². The minimum absolute atomic E-state index is 0.224. The molecule has 8 heteroatoms. The van der Waals surface area contributed by atoms with Crippen molar-refractivity contribution in [1.82, 2.24) is 10.3 Å². The van der Waals surface area contributed by atoms with Gasteiger partial charge >= 0.3 is 5.97 Å². The van der Waals surface area contributed by atoms with Crippen LogP contribution in [0.5, 0.6) is 5.75 Å². The van der Waals surface area contributed by atoms with E-state index in [4.69, 9.17) is 9.84 Å². The number of para-hydroxylation sites is 1. The molecule has 1 atom stereocenters. The fourth-order valence-electron chi connectivity index (χ4n) is 1.83. The second kappa shape index (κ2) is 7.41. The lowest BCUT2D eigenvalue weighted by atomic mass is 10.1. The SMILES string of the molecule is Cc1nc(COc2ccccc2C(=O)NCC(C)(O)C(=O)O)cs1. The number of aromatic nitrogens is 1. The number of nitrogens with one attached hydrogen (secondary N) is 1. The summed E-state index contributed by atoms with van der Waals surface area (Å²) in [6.07, 6.45) is 0. The van der Waals surface area contributed by atoms with Gasteiger partial charge in [0.15, 0.2) is 5.60 Å². The molecule has 24 heavy (non-hydrogen) atoms. The third-order valence-electron chi connectivity index (χ3n) is 3.23. The summed E-state index contributed by atoms with van der Waals surface area (Å²) in [5.41, 5.74) is -1.02. The predicted molar refractivity (Wildman–Crippen MR) is 88.2 cm³/mol. The minimum Gasteiger partial charge on any atom is -0.486 e. The lowest BCUT2D eigenvalue weighted by molar-refractivity contribution is -0.155. The zero-order chi connectivity index (χ0) is 17.7. The highest BCUT2D eigenvalue weighted by Crippen LogP contribution is 2.20. The van der Waals surface area contributed by atoms with Crippen LogP contribution in [0.15, 0.2) is 29.6 Å². The molecule has 0 aliphatic carbocycles. The maximum atomic E-state index is 12.2. The van der Waals surface area contributed by atoms with Gasteiger partial charge < -0.3 is 20.3 Å². The van der Waals surface area contributed by atoms with Crippen LogP contribution >= 0.6 is 11.3 Å². The van der Waals surface area contributed by atoms with E-state index in [2.05, 4.69) is 10.3 Å². The highest BCUT2D eigenvalue weighted by molar-refractivity contribution is 7.09. The molecule has 1 heterocycles. The number of benzene rings is 1. The fourth-order valence-corrected chi connectivity index (χ4v) is 2.43. The Kier molecular flexibility index (Phi) is 5.53. The summed E-state index contributed by atoms with van der Waals surface area (Å²) >= 11 is 1.51. The Morgan fingerprint density at radius 1 is 1.38 bits per heavy atom. The highest BCUT2D eigenvalue weighted by atomic mass is 32.1. The van der Waals surface area contributed by atoms with E-state index in [1.165, 1.54) is 11.3 Å². The van der Waals surface area contributed by atoms with Crippen LogP contribution in [0.4, 0.5) is 0 Å². The average molecular weight is 350 g/mol. The number of amides is 1. The number of rotatable bonds is 7. The van der Waals surface area contributed by atoms with Gasteiger partial charge in [-0.15, -0.1) is 11.3 Å². The highest BCUT2D eigenvalue weighted by Gasteiger charge is 2.30. The van der Waals surface area contributed by atoms with Crippen LogP contribution in [0, 0.1) is 6.92 Å². The molecular weight excluding hydrogens is 332 g/mol. The van der Waals surface area contributed by atoms with E-state index in [1.807, 2.05) is 12.3 Å². The summed E-state index contributed by atoms with van der Waals surface area (Å²) in [5.74, 6) is -1.58. The molecule has 0 aliphatic heterocycles. The molecule has 0 aliphatic rings. The maximum Gasteiger partial charge on any atom is 0.337 e. The number of carboxylic acid groups (broad SMARTS) is 1. The third kappa shape index (κ3) is 4.53. The Bertz CT molecular complexity index is 742. The van der Waals surface area contributed by atoms with E-state index in [1.54, 1.807) is 24.3 Å². The lowest BCUT2D eigenvalue weighted by Gasteiger charge is -2.19. The van der Waals surface area contributed by atoms with Crippen LogP contribution < -0.4 is 10.1 Å². The average Bonchev–Trinajstić information content (AvgIpc) is 2.96. The molecule has 3 N–H and O–H groups in total. The van der Waals surface area contributed by atoms with E-state index in [9.17, 15) is 14.7 Å². The van der Waals surface area contributed by atoms with E-state index >= 15 is 0 Å². The molecule has 2 rings (SSSR count). The number of hydrogen-bond acceptors (Lipinski definition) is 6. The Labute approximate surface area is 142 Å². The first-order chi connectivity index (χ1) is 11.3. The Morgan fingerprint density at radius 2 is 2.08 bits per heavy atom. The van der Waals surface area contributed by atoms with Gasteiger partial charge in [0.1, 0.15) is 12.4 Å². The normalized spacial score (nSPS) is 13.1. The molecule has 0 saturated heterocycles. The molecule has 1 unspecified atom stereocenters. The first-order valence-corrected chi connectivity index (χ1v) is 8.04. The molecular formula is C16H18N2O5S. The van der Waals surface area contributed by atoms with Gasteiger partial charge in [0.05, 0.1) is 22.8 Å². The van der Waals surface area contributed by atoms with Crippen LogP contribution in [0.25, 0.3) is 0 Å². The molecule has 0 spiro atoms. The van der Waals surface area contributed by atoms with Crippen molar-refractivity contribution in [2.24, 2.45) is 0 Å². The van der Waals surface area contributed by atoms with Gasteiger partial charge in [0, 0.05) is 5.38 Å². The van der Waals surface area contributed by atoms with Gasteiger partial charge in [-0.25, -0.2) is 9.78 Å². The van der Waals surface area contributed by atoms with E-state index < -0.39 is 24.0 Å². The summed E-state index contributed by atoms with van der Waals surface area (Å²) in [4.78, 5) is 27.4. The number of ether oxygens (including phenoxy) is 1. The number of carbonyl (C=O) groups excluding carboxylic acids is 1. The number of aliphatic carboxylic acids is 1. The molecule has 2 aromatic rings. The standard InChI is InChI=1S/C16H18N2O5S/c1-10-18-11(8-24-10)7-23-13-6-4-3-5-12(13)14(19)17-9-16(2,22)15(20)21/h3-6,8,22H,7,9H2,1-2H3,(H,17,19)(H,20,21). The number of carbonyl (C=O) groups is 2. The van der Waals surface area contributed by atoms with E-state index in [0.29, 0.717) is 5.75 Å². The van der Waals surface area contributed by atoms with Crippen LogP contribution in [-0.2, 0) is 11.4 Å². The number of aliphatic hydroxyl groups is 1. The van der Waals surface area contributed by atoms with Gasteiger partial charge in [-0.3, -0.25) is 4.79 Å². The summed E-state index contributed by atoms with van der Waals surface area (Å²) in [6, 6.07) is 6.60. The molecule has 7 nitrogen and oxygen atoms in total. The first kappa shape index (κ1) is 17.9. The second-order valence-electron chi connectivity index (χ2n) is 5.40. The zero-order valence-electron chi connectivity index (χ0n) is 13.3. The molecule has 0 fully saturated rings. The third-order valence-corrected chi connectivity index (χ3v) is 4.05. The summed E-state index contributed by atoms with van der Waals surface area (Å²) in [5, 5.41) is 23.7. The topological polar surface area (TPSA) is 109 Å². The van der Waals surface area contributed by atoms with Crippen molar-refractivity contribution in [3.8, 4) is 5.75 Å². The van der Waals surface area contributed by atoms with Crippen molar-refractivity contribution in [1.29, 1.82) is 0 Å². The largest absolute Gasteiger partial charge is 0.486 e. The van der Waals surface area contributed by atoms with Crippen molar-refractivity contribution in [3.05, 3.63) is 45.9 Å². The number of hydrogen-bond donors (Lipinski definition) is 3. The molecule has 1 aromatic carbocycles. The number of carboxylic acids is 1. The summed E-state index contributed by atoms with van der Waals surface area (Å²) in [6.45, 7) is 2.81. The van der Waals surface area contributed by atoms with Crippen molar-refractivity contribution >= 4 is 23.2 Å². The smallest absolute Gasteiger partial charge is 0.337 e. The molecule has 0 radical (unpaired) electrons. The monoisotopic (exact) mass is 350 g/mol. The number of nitrogens with zero attached hydrogens (tertiary/aromatic N) is 1. The maximum absolute atomic E-state index is 12.2. The minimum atomic E-state index is -2.04. The summed E-state index contributed by atoms with van der Waals surface area (Å²) < 4.78 is 5.64. The fraction of sp³-hybridized carbons (Fsp3) is 0.312. The molecule has 1 aromatic heterocycles. The molecule has 1 amide bonds. The molecule has 0 bridgehead atoms. The number of thiazole rings is 1. The molecule has 128 valence electrons. The van der Waals surface area contributed by atoms with Crippen molar-refractivity contribution in [2.75, 3.05) is 6.54 Å². The quantitative estimate of drug-likeness (QED) is 0.700. The lowest BCUT2D eigenvalue weighted by Crippen LogP contribution is -2.46. The van der Waals surface area contributed by atoms with Crippen molar-refractivity contribution in [3.63, 3.8) is 0 Å². The van der Waals surface area contributed by atoms with Gasteiger partial charge in [-0.2, -0.15) is 0 Å². The molecule has 0 saturated carbocycles. The van der Waals surface area contributed by atoms with Crippen LogP contribution in [0.2, 0.25) is 0 Å². The zero-order valence-corrected chi connectivity index (χ0v) is 14.1. The van der Waals surface area contributed by atoms with E-state index in [-0.39, 0.29) is 12.2 Å². The van der Waals surface area contributed by atoms with Crippen LogP contribution in [0.3, 0.4) is 0 Å². The predicted octanol–water partition coefficient (Wildman–Crippen LogP) is 1.60. The van der Waals surface area contributed by atoms with Gasteiger partial charge in [0.25, 0.3) is 5.91 Å². The van der Waals surface area contributed by atoms with Gasteiger partial charge in [0.2, 0.25) is 0 Å². The second-order valence-corrected chi connectivity index (χ2v) is 6.47. The van der Waals surface area contributed by atoms with Gasteiger partial charge in [-0.1, -0.05) is 12.1 Å².